The zero-order valence-electron chi connectivity index (χ0n) is 10.6. The first-order chi connectivity index (χ1) is 8.76. The predicted molar refractivity (Wildman–Crippen MR) is 69.8 cm³/mol. The van der Waals surface area contributed by atoms with Gasteiger partial charge in [-0.25, -0.2) is 9.97 Å². The average Bonchev–Trinajstić information content (AvgIpc) is 2.87. The first-order valence-electron chi connectivity index (χ1n) is 6.30. The molecule has 0 aliphatic carbocycles. The molecule has 3 N–H and O–H groups in total. The summed E-state index contributed by atoms with van der Waals surface area (Å²) in [5.41, 5.74) is 6.08. The van der Waals surface area contributed by atoms with Crippen molar-refractivity contribution < 1.29 is 5.21 Å². The highest BCUT2D eigenvalue weighted by Crippen LogP contribution is 2.26. The SMILES string of the molecule is CCCC1CCN(c2nccnc2C(N)=NO)C1. The first kappa shape index (κ1) is 12.6. The van der Waals surface area contributed by atoms with Crippen LogP contribution >= 0.6 is 0 Å². The van der Waals surface area contributed by atoms with Gasteiger partial charge in [0, 0.05) is 25.5 Å². The molecule has 6 nitrogen and oxygen atoms in total. The van der Waals surface area contributed by atoms with Crippen LogP contribution in [0.5, 0.6) is 0 Å². The molecule has 0 spiro atoms. The molecule has 18 heavy (non-hydrogen) atoms. The van der Waals surface area contributed by atoms with Crippen LogP contribution in [0, 0.1) is 5.92 Å². The molecule has 0 saturated carbocycles. The van der Waals surface area contributed by atoms with Gasteiger partial charge in [-0.2, -0.15) is 0 Å². The van der Waals surface area contributed by atoms with E-state index < -0.39 is 0 Å². The van der Waals surface area contributed by atoms with Crippen LogP contribution in [0.15, 0.2) is 17.5 Å². The predicted octanol–water partition coefficient (Wildman–Crippen LogP) is 1.20. The summed E-state index contributed by atoms with van der Waals surface area (Å²) in [5.74, 6) is 1.43. The molecule has 6 heteroatoms. The summed E-state index contributed by atoms with van der Waals surface area (Å²) in [6.07, 6.45) is 6.79. The summed E-state index contributed by atoms with van der Waals surface area (Å²) >= 11 is 0. The van der Waals surface area contributed by atoms with E-state index in [2.05, 4.69) is 26.9 Å². The van der Waals surface area contributed by atoms with Gasteiger partial charge in [-0.3, -0.25) is 0 Å². The lowest BCUT2D eigenvalue weighted by Gasteiger charge is -2.19. The van der Waals surface area contributed by atoms with E-state index in [0.717, 1.165) is 13.1 Å². The molecule has 1 atom stereocenters. The summed E-state index contributed by atoms with van der Waals surface area (Å²) in [4.78, 5) is 10.6. The maximum Gasteiger partial charge on any atom is 0.192 e. The molecular formula is C12H19N5O. The number of rotatable bonds is 4. The van der Waals surface area contributed by atoms with E-state index in [9.17, 15) is 0 Å². The van der Waals surface area contributed by atoms with Crippen LogP contribution < -0.4 is 10.6 Å². The molecule has 0 aromatic carbocycles. The van der Waals surface area contributed by atoms with Gasteiger partial charge < -0.3 is 15.8 Å². The topological polar surface area (TPSA) is 87.6 Å². The van der Waals surface area contributed by atoms with Crippen LogP contribution in [0.25, 0.3) is 0 Å². The Kier molecular flexibility index (Phi) is 3.96. The van der Waals surface area contributed by atoms with Crippen LogP contribution in [-0.2, 0) is 0 Å². The van der Waals surface area contributed by atoms with Crippen molar-refractivity contribution in [1.82, 2.24) is 9.97 Å². The minimum Gasteiger partial charge on any atom is -0.409 e. The third-order valence-electron chi connectivity index (χ3n) is 3.31. The monoisotopic (exact) mass is 249 g/mol. The molecular weight excluding hydrogens is 230 g/mol. The van der Waals surface area contributed by atoms with E-state index >= 15 is 0 Å². The summed E-state index contributed by atoms with van der Waals surface area (Å²) < 4.78 is 0. The quantitative estimate of drug-likeness (QED) is 0.362. The first-order valence-corrected chi connectivity index (χ1v) is 6.30. The van der Waals surface area contributed by atoms with E-state index in [1.807, 2.05) is 0 Å². The van der Waals surface area contributed by atoms with Crippen molar-refractivity contribution >= 4 is 11.7 Å². The fourth-order valence-corrected chi connectivity index (χ4v) is 2.46. The van der Waals surface area contributed by atoms with Gasteiger partial charge in [0.15, 0.2) is 17.3 Å². The second-order valence-electron chi connectivity index (χ2n) is 4.60. The molecule has 0 amide bonds. The Hall–Kier alpha value is -1.85. The van der Waals surface area contributed by atoms with Crippen LogP contribution in [0.2, 0.25) is 0 Å². The Balaban J connectivity index is 2.19. The van der Waals surface area contributed by atoms with Crippen LogP contribution in [0.4, 0.5) is 5.82 Å². The van der Waals surface area contributed by atoms with Gasteiger partial charge in [-0.05, 0) is 18.8 Å². The summed E-state index contributed by atoms with van der Waals surface area (Å²) in [7, 11) is 0. The lowest BCUT2D eigenvalue weighted by molar-refractivity contribution is 0.318. The van der Waals surface area contributed by atoms with E-state index in [1.54, 1.807) is 12.4 Å². The van der Waals surface area contributed by atoms with E-state index in [4.69, 9.17) is 10.9 Å². The maximum atomic E-state index is 8.77. The van der Waals surface area contributed by atoms with Crippen LogP contribution in [0.1, 0.15) is 31.9 Å². The van der Waals surface area contributed by atoms with Crippen molar-refractivity contribution in [3.8, 4) is 0 Å². The van der Waals surface area contributed by atoms with Gasteiger partial charge in [-0.15, -0.1) is 0 Å². The third kappa shape index (κ3) is 2.52. The lowest BCUT2D eigenvalue weighted by Crippen LogP contribution is -2.26. The van der Waals surface area contributed by atoms with Gasteiger partial charge >= 0.3 is 0 Å². The van der Waals surface area contributed by atoms with Gasteiger partial charge in [0.25, 0.3) is 0 Å². The molecule has 2 rings (SSSR count). The van der Waals surface area contributed by atoms with Crippen molar-refractivity contribution in [3.05, 3.63) is 18.1 Å². The Morgan fingerprint density at radius 3 is 3.06 bits per heavy atom. The van der Waals surface area contributed by atoms with Gasteiger partial charge in [-0.1, -0.05) is 18.5 Å². The van der Waals surface area contributed by atoms with Crippen LogP contribution in [-0.4, -0.2) is 34.1 Å². The highest BCUT2D eigenvalue weighted by atomic mass is 16.4. The summed E-state index contributed by atoms with van der Waals surface area (Å²) in [5, 5.41) is 11.8. The fraction of sp³-hybridized carbons (Fsp3) is 0.583. The maximum absolute atomic E-state index is 8.77. The number of aromatic nitrogens is 2. The van der Waals surface area contributed by atoms with Crippen molar-refractivity contribution in [2.75, 3.05) is 18.0 Å². The highest BCUT2D eigenvalue weighted by molar-refractivity contribution is 5.99. The molecule has 1 aromatic heterocycles. The van der Waals surface area contributed by atoms with Crippen LogP contribution in [0.3, 0.4) is 0 Å². The number of nitrogens with two attached hydrogens (primary N) is 1. The molecule has 0 bridgehead atoms. The lowest BCUT2D eigenvalue weighted by atomic mass is 10.0. The summed E-state index contributed by atoms with van der Waals surface area (Å²) in [6, 6.07) is 0. The van der Waals surface area contributed by atoms with E-state index in [-0.39, 0.29) is 5.84 Å². The number of nitrogens with zero attached hydrogens (tertiary/aromatic N) is 4. The molecule has 2 heterocycles. The zero-order valence-corrected chi connectivity index (χ0v) is 10.6. The third-order valence-corrected chi connectivity index (χ3v) is 3.31. The molecule has 1 fully saturated rings. The molecule has 1 aromatic rings. The van der Waals surface area contributed by atoms with Crippen molar-refractivity contribution in [3.63, 3.8) is 0 Å². The van der Waals surface area contributed by atoms with E-state index in [1.165, 1.54) is 19.3 Å². The molecule has 1 aliphatic heterocycles. The zero-order chi connectivity index (χ0) is 13.0. The number of oxime groups is 1. The second-order valence-corrected chi connectivity index (χ2v) is 4.60. The van der Waals surface area contributed by atoms with Crippen molar-refractivity contribution in [2.45, 2.75) is 26.2 Å². The average molecular weight is 249 g/mol. The normalized spacial score (nSPS) is 20.4. The molecule has 1 aliphatic rings. The number of hydrogen-bond donors (Lipinski definition) is 2. The Morgan fingerprint density at radius 1 is 1.56 bits per heavy atom. The number of amidine groups is 1. The second kappa shape index (κ2) is 5.66. The minimum absolute atomic E-state index is 0.0111. The Morgan fingerprint density at radius 2 is 2.33 bits per heavy atom. The smallest absolute Gasteiger partial charge is 0.192 e. The molecule has 1 saturated heterocycles. The molecule has 0 radical (unpaired) electrons. The number of anilines is 1. The number of hydrogen-bond acceptors (Lipinski definition) is 5. The molecule has 1 unspecified atom stereocenters. The van der Waals surface area contributed by atoms with Gasteiger partial charge in [0.2, 0.25) is 0 Å². The van der Waals surface area contributed by atoms with Gasteiger partial charge in [0.1, 0.15) is 0 Å². The largest absolute Gasteiger partial charge is 0.409 e. The standard InChI is InChI=1S/C12H19N5O/c1-2-3-9-4-7-17(8-9)12-10(11(13)16-18)14-5-6-15-12/h5-6,9,18H,2-4,7-8H2,1H3,(H2,13,16). The van der Waals surface area contributed by atoms with Gasteiger partial charge in [0.05, 0.1) is 0 Å². The molecule has 98 valence electrons. The summed E-state index contributed by atoms with van der Waals surface area (Å²) in [6.45, 7) is 4.13. The fourth-order valence-electron chi connectivity index (χ4n) is 2.46. The van der Waals surface area contributed by atoms with Crippen molar-refractivity contribution in [2.24, 2.45) is 16.8 Å². The Labute approximate surface area is 107 Å². The minimum atomic E-state index is 0.0111. The Bertz CT molecular complexity index is 434. The highest BCUT2D eigenvalue weighted by Gasteiger charge is 2.25. The van der Waals surface area contributed by atoms with Crippen molar-refractivity contribution in [1.29, 1.82) is 0 Å². The van der Waals surface area contributed by atoms with E-state index in [0.29, 0.717) is 17.4 Å².